The summed E-state index contributed by atoms with van der Waals surface area (Å²) in [5.41, 5.74) is 2.72. The van der Waals surface area contributed by atoms with Gasteiger partial charge in [-0.15, -0.1) is 13.2 Å². The SMILES string of the molecule is CC1CN(c2ccc(CN3CCC(NC(=O)c4ccc(Cl)c(-c5ccc(OC(F)(F)F)cc5)c4)CC3)cn2)CC(C)O1. The fourth-order valence-corrected chi connectivity index (χ4v) is 5.78. The highest BCUT2D eigenvalue weighted by Gasteiger charge is 2.31. The van der Waals surface area contributed by atoms with Crippen LogP contribution in [0.15, 0.2) is 60.8 Å². The second-order valence-corrected chi connectivity index (χ2v) is 11.4. The van der Waals surface area contributed by atoms with E-state index in [2.05, 4.69) is 45.8 Å². The number of ether oxygens (including phenoxy) is 2. The number of amides is 1. The second kappa shape index (κ2) is 12.9. The van der Waals surface area contributed by atoms with Crippen molar-refractivity contribution in [1.82, 2.24) is 15.2 Å². The van der Waals surface area contributed by atoms with Crippen molar-refractivity contribution in [2.24, 2.45) is 0 Å². The van der Waals surface area contributed by atoms with Crippen LogP contribution >= 0.6 is 11.6 Å². The molecule has 2 aromatic carbocycles. The normalized spacial score (nSPS) is 20.4. The topological polar surface area (TPSA) is 66.9 Å². The number of likely N-dealkylation sites (tertiary alicyclic amines) is 1. The Kier molecular flexibility index (Phi) is 9.25. The number of rotatable bonds is 7. The lowest BCUT2D eigenvalue weighted by Crippen LogP contribution is -2.45. The number of nitrogens with zero attached hydrogens (tertiary/aromatic N) is 3. The first kappa shape index (κ1) is 30.1. The smallest absolute Gasteiger partial charge is 0.406 e. The fraction of sp³-hybridized carbons (Fsp3) is 0.419. The van der Waals surface area contributed by atoms with Crippen LogP contribution in [0.2, 0.25) is 5.02 Å². The molecule has 1 aromatic heterocycles. The molecule has 1 N–H and O–H groups in total. The molecule has 1 amide bonds. The minimum Gasteiger partial charge on any atom is -0.406 e. The van der Waals surface area contributed by atoms with Crippen LogP contribution in [-0.4, -0.2) is 66.6 Å². The van der Waals surface area contributed by atoms with Gasteiger partial charge in [-0.1, -0.05) is 29.8 Å². The van der Waals surface area contributed by atoms with Gasteiger partial charge >= 0.3 is 6.36 Å². The van der Waals surface area contributed by atoms with E-state index in [0.717, 1.165) is 56.9 Å². The molecule has 2 aliphatic heterocycles. The van der Waals surface area contributed by atoms with E-state index in [1.54, 1.807) is 18.2 Å². The first-order chi connectivity index (χ1) is 20.0. The van der Waals surface area contributed by atoms with Crippen molar-refractivity contribution >= 4 is 23.3 Å². The zero-order chi connectivity index (χ0) is 29.9. The van der Waals surface area contributed by atoms with E-state index in [9.17, 15) is 18.0 Å². The van der Waals surface area contributed by atoms with Gasteiger partial charge in [0.1, 0.15) is 11.6 Å². The predicted octanol–water partition coefficient (Wildman–Crippen LogP) is 6.31. The lowest BCUT2D eigenvalue weighted by atomic mass is 10.0. The number of carbonyl (C=O) groups is 1. The van der Waals surface area contributed by atoms with Gasteiger partial charge in [0.05, 0.1) is 12.2 Å². The molecule has 2 fully saturated rings. The number of nitrogens with one attached hydrogen (secondary N) is 1. The summed E-state index contributed by atoms with van der Waals surface area (Å²) in [6, 6.07) is 14.6. The summed E-state index contributed by atoms with van der Waals surface area (Å²) < 4.78 is 47.2. The summed E-state index contributed by atoms with van der Waals surface area (Å²) in [6.45, 7) is 8.34. The molecule has 2 atom stereocenters. The van der Waals surface area contributed by atoms with E-state index >= 15 is 0 Å². The van der Waals surface area contributed by atoms with E-state index in [0.29, 0.717) is 21.7 Å². The van der Waals surface area contributed by atoms with Gasteiger partial charge in [-0.2, -0.15) is 0 Å². The molecule has 3 aromatic rings. The zero-order valence-corrected chi connectivity index (χ0v) is 24.3. The molecule has 0 spiro atoms. The molecule has 0 radical (unpaired) electrons. The Bertz CT molecular complexity index is 1350. The minimum atomic E-state index is -4.77. The lowest BCUT2D eigenvalue weighted by Gasteiger charge is -2.36. The van der Waals surface area contributed by atoms with E-state index in [1.807, 2.05) is 6.20 Å². The highest BCUT2D eigenvalue weighted by atomic mass is 35.5. The van der Waals surface area contributed by atoms with Crippen molar-refractivity contribution in [3.63, 3.8) is 0 Å². The third kappa shape index (κ3) is 7.93. The minimum absolute atomic E-state index is 0.0393. The Balaban J connectivity index is 1.12. The number of hydrogen-bond acceptors (Lipinski definition) is 6. The number of carbonyl (C=O) groups excluding carboxylic acids is 1. The van der Waals surface area contributed by atoms with Crippen LogP contribution in [0.3, 0.4) is 0 Å². The van der Waals surface area contributed by atoms with Crippen molar-refractivity contribution in [3.05, 3.63) is 76.9 Å². The van der Waals surface area contributed by atoms with Crippen LogP contribution in [-0.2, 0) is 11.3 Å². The number of benzene rings is 2. The molecule has 2 aliphatic rings. The summed E-state index contributed by atoms with van der Waals surface area (Å²) >= 11 is 6.36. The number of pyridine rings is 1. The summed E-state index contributed by atoms with van der Waals surface area (Å²) in [4.78, 5) is 22.4. The molecule has 0 saturated carbocycles. The number of alkyl halides is 3. The Morgan fingerprint density at radius 2 is 1.74 bits per heavy atom. The van der Waals surface area contributed by atoms with Gasteiger partial charge in [0.2, 0.25) is 0 Å². The van der Waals surface area contributed by atoms with E-state index in [1.165, 1.54) is 24.3 Å². The molecule has 2 saturated heterocycles. The number of morpholine rings is 1. The summed E-state index contributed by atoms with van der Waals surface area (Å²) in [5.74, 6) is 0.433. The van der Waals surface area contributed by atoms with Crippen LogP contribution in [0.25, 0.3) is 11.1 Å². The number of aromatic nitrogens is 1. The first-order valence-corrected chi connectivity index (χ1v) is 14.4. The Hall–Kier alpha value is -3.34. The lowest BCUT2D eigenvalue weighted by molar-refractivity contribution is -0.274. The molecule has 224 valence electrons. The van der Waals surface area contributed by atoms with Crippen molar-refractivity contribution in [2.75, 3.05) is 31.1 Å². The van der Waals surface area contributed by atoms with Crippen molar-refractivity contribution in [3.8, 4) is 16.9 Å². The maximum absolute atomic E-state index is 13.1. The molecular weight excluding hydrogens is 569 g/mol. The quantitative estimate of drug-likeness (QED) is 0.342. The maximum atomic E-state index is 13.1. The van der Waals surface area contributed by atoms with Gasteiger partial charge in [0.15, 0.2) is 0 Å². The summed E-state index contributed by atoms with van der Waals surface area (Å²) in [6.07, 6.45) is -0.813. The predicted molar refractivity (Wildman–Crippen MR) is 156 cm³/mol. The third-order valence-corrected chi connectivity index (χ3v) is 7.84. The van der Waals surface area contributed by atoms with E-state index < -0.39 is 6.36 Å². The summed E-state index contributed by atoms with van der Waals surface area (Å²) in [5, 5.41) is 3.51. The molecule has 42 heavy (non-hydrogen) atoms. The first-order valence-electron chi connectivity index (χ1n) is 14.1. The molecule has 3 heterocycles. The van der Waals surface area contributed by atoms with Gasteiger partial charge < -0.3 is 19.7 Å². The Morgan fingerprint density at radius 1 is 1.05 bits per heavy atom. The highest BCUT2D eigenvalue weighted by molar-refractivity contribution is 6.33. The van der Waals surface area contributed by atoms with Gasteiger partial charge in [-0.25, -0.2) is 4.98 Å². The molecule has 0 aliphatic carbocycles. The van der Waals surface area contributed by atoms with Crippen LogP contribution in [0.4, 0.5) is 19.0 Å². The standard InChI is InChI=1S/C31H34ClF3N4O3/c1-20-17-39(18-21(2)41-20)29-10-3-22(16-36-29)19-38-13-11-25(12-14-38)37-30(40)24-6-9-28(32)27(15-24)23-4-7-26(8-5-23)42-31(33,34)35/h3-10,15-16,20-21,25H,11-14,17-19H2,1-2H3,(H,37,40). The van der Waals surface area contributed by atoms with Crippen molar-refractivity contribution in [1.29, 1.82) is 0 Å². The van der Waals surface area contributed by atoms with E-state index in [-0.39, 0.29) is 29.9 Å². The molecule has 2 unspecified atom stereocenters. The average Bonchev–Trinajstić information content (AvgIpc) is 2.94. The maximum Gasteiger partial charge on any atom is 0.573 e. The van der Waals surface area contributed by atoms with Gasteiger partial charge in [0.25, 0.3) is 5.91 Å². The number of anilines is 1. The second-order valence-electron chi connectivity index (χ2n) is 11.0. The molecule has 0 bridgehead atoms. The van der Waals surface area contributed by atoms with Gasteiger partial charge in [-0.05, 0) is 74.2 Å². The van der Waals surface area contributed by atoms with E-state index in [4.69, 9.17) is 21.3 Å². The van der Waals surface area contributed by atoms with Crippen molar-refractivity contribution in [2.45, 2.75) is 57.8 Å². The van der Waals surface area contributed by atoms with Crippen LogP contribution < -0.4 is 15.0 Å². The van der Waals surface area contributed by atoms with Gasteiger partial charge in [-0.3, -0.25) is 9.69 Å². The Morgan fingerprint density at radius 3 is 2.36 bits per heavy atom. The highest BCUT2D eigenvalue weighted by Crippen LogP contribution is 2.32. The summed E-state index contributed by atoms with van der Waals surface area (Å²) in [7, 11) is 0. The van der Waals surface area contributed by atoms with Crippen molar-refractivity contribution < 1.29 is 27.4 Å². The third-order valence-electron chi connectivity index (χ3n) is 7.51. The average molecular weight is 603 g/mol. The zero-order valence-electron chi connectivity index (χ0n) is 23.5. The molecule has 5 rings (SSSR count). The number of piperidine rings is 1. The van der Waals surface area contributed by atoms with Gasteiger partial charge in [0, 0.05) is 61.1 Å². The molecule has 11 heteroatoms. The molecular formula is C31H34ClF3N4O3. The number of halogens is 4. The monoisotopic (exact) mass is 602 g/mol. The number of hydrogen-bond donors (Lipinski definition) is 1. The van der Waals surface area contributed by atoms with Crippen LogP contribution in [0, 0.1) is 0 Å². The Labute approximate surface area is 248 Å². The largest absolute Gasteiger partial charge is 0.573 e. The molecule has 7 nitrogen and oxygen atoms in total. The fourth-order valence-electron chi connectivity index (χ4n) is 5.55. The van der Waals surface area contributed by atoms with Crippen LogP contribution in [0.5, 0.6) is 5.75 Å². The van der Waals surface area contributed by atoms with Crippen LogP contribution in [0.1, 0.15) is 42.6 Å².